The number of aromatic nitrogens is 1. The topological polar surface area (TPSA) is 54.9 Å². The van der Waals surface area contributed by atoms with Gasteiger partial charge in [-0.05, 0) is 24.3 Å². The number of benzene rings is 1. The maximum atomic E-state index is 12.9. The molecule has 1 aliphatic rings. The lowest BCUT2D eigenvalue weighted by molar-refractivity contribution is -0.137. The minimum Gasteiger partial charge on any atom is -0.493 e. The fraction of sp³-hybridized carbons (Fsp3) is 0.368. The molecule has 2 aromatic rings. The first-order valence-corrected chi connectivity index (χ1v) is 8.63. The summed E-state index contributed by atoms with van der Waals surface area (Å²) in [5.41, 5.74) is -0.377. The maximum absolute atomic E-state index is 12.9. The summed E-state index contributed by atoms with van der Waals surface area (Å²) in [5, 5.41) is 0. The van der Waals surface area contributed by atoms with E-state index < -0.39 is 11.7 Å². The smallest absolute Gasteiger partial charge is 0.417 e. The van der Waals surface area contributed by atoms with Crippen LogP contribution in [0.2, 0.25) is 0 Å². The second-order valence-electron chi connectivity index (χ2n) is 6.22. The molecule has 28 heavy (non-hydrogen) atoms. The first kappa shape index (κ1) is 19.8. The molecular formula is C19H20F3N3O3. The Morgan fingerprint density at radius 3 is 2.29 bits per heavy atom. The van der Waals surface area contributed by atoms with Gasteiger partial charge in [-0.2, -0.15) is 13.2 Å². The molecule has 2 heterocycles. The normalized spacial score (nSPS) is 14.8. The second kappa shape index (κ2) is 7.95. The van der Waals surface area contributed by atoms with E-state index in [2.05, 4.69) is 4.98 Å². The first-order valence-electron chi connectivity index (χ1n) is 8.63. The lowest BCUT2D eigenvalue weighted by Crippen LogP contribution is -2.49. The highest BCUT2D eigenvalue weighted by atomic mass is 19.4. The fourth-order valence-electron chi connectivity index (χ4n) is 3.11. The number of carbonyl (C=O) groups is 1. The zero-order valence-electron chi connectivity index (χ0n) is 15.5. The number of nitrogens with zero attached hydrogens (tertiary/aromatic N) is 3. The predicted molar refractivity (Wildman–Crippen MR) is 96.9 cm³/mol. The van der Waals surface area contributed by atoms with E-state index in [0.717, 1.165) is 12.3 Å². The second-order valence-corrected chi connectivity index (χ2v) is 6.22. The molecule has 0 atom stereocenters. The number of alkyl halides is 3. The molecule has 0 radical (unpaired) electrons. The summed E-state index contributed by atoms with van der Waals surface area (Å²) in [7, 11) is 2.98. The number of ether oxygens (including phenoxy) is 2. The molecule has 9 heteroatoms. The number of amides is 1. The van der Waals surface area contributed by atoms with Crippen LogP contribution in [-0.4, -0.2) is 56.2 Å². The number of halogens is 3. The van der Waals surface area contributed by atoms with Crippen LogP contribution < -0.4 is 14.4 Å². The number of hydrogen-bond acceptors (Lipinski definition) is 5. The van der Waals surface area contributed by atoms with Gasteiger partial charge in [0.2, 0.25) is 0 Å². The highest BCUT2D eigenvalue weighted by molar-refractivity contribution is 5.98. The fourth-order valence-corrected chi connectivity index (χ4v) is 3.11. The molecular weight excluding hydrogens is 375 g/mol. The third kappa shape index (κ3) is 3.97. The van der Waals surface area contributed by atoms with Gasteiger partial charge in [0.1, 0.15) is 5.82 Å². The van der Waals surface area contributed by atoms with E-state index in [4.69, 9.17) is 9.47 Å². The highest BCUT2D eigenvalue weighted by Crippen LogP contribution is 2.32. The van der Waals surface area contributed by atoms with Crippen LogP contribution >= 0.6 is 0 Å². The lowest BCUT2D eigenvalue weighted by Gasteiger charge is -2.35. The Hall–Kier alpha value is -2.97. The number of pyridine rings is 1. The Labute approximate surface area is 160 Å². The average molecular weight is 395 g/mol. The summed E-state index contributed by atoms with van der Waals surface area (Å²) < 4.78 is 48.5. The Balaban J connectivity index is 1.68. The summed E-state index contributed by atoms with van der Waals surface area (Å²) in [6.07, 6.45) is -3.58. The zero-order chi connectivity index (χ0) is 20.3. The van der Waals surface area contributed by atoms with Crippen LogP contribution in [0.4, 0.5) is 19.0 Å². The molecule has 6 nitrogen and oxygen atoms in total. The minimum atomic E-state index is -4.41. The quantitative estimate of drug-likeness (QED) is 0.797. The van der Waals surface area contributed by atoms with Crippen molar-refractivity contribution >= 4 is 11.7 Å². The number of piperazine rings is 1. The summed E-state index contributed by atoms with van der Waals surface area (Å²) in [6.45, 7) is 1.77. The van der Waals surface area contributed by atoms with Gasteiger partial charge in [-0.15, -0.1) is 0 Å². The van der Waals surface area contributed by atoms with E-state index in [1.54, 1.807) is 23.1 Å². The molecule has 1 aliphatic heterocycles. The summed E-state index contributed by atoms with van der Waals surface area (Å²) in [5.74, 6) is 1.12. The molecule has 0 saturated carbocycles. The summed E-state index contributed by atoms with van der Waals surface area (Å²) >= 11 is 0. The Bertz CT molecular complexity index is 833. The lowest BCUT2D eigenvalue weighted by atomic mass is 10.1. The van der Waals surface area contributed by atoms with Gasteiger partial charge in [-0.25, -0.2) is 4.98 Å². The molecule has 150 valence electrons. The molecule has 0 unspecified atom stereocenters. The van der Waals surface area contributed by atoms with Crippen molar-refractivity contribution in [3.8, 4) is 11.5 Å². The number of rotatable bonds is 4. The van der Waals surface area contributed by atoms with Gasteiger partial charge >= 0.3 is 6.18 Å². The minimum absolute atomic E-state index is 0.184. The third-order valence-corrected chi connectivity index (χ3v) is 4.60. The zero-order valence-corrected chi connectivity index (χ0v) is 15.5. The molecule has 1 aromatic carbocycles. The van der Waals surface area contributed by atoms with Crippen molar-refractivity contribution in [2.45, 2.75) is 6.18 Å². The number of hydrogen-bond donors (Lipinski definition) is 0. The Morgan fingerprint density at radius 2 is 1.75 bits per heavy atom. The van der Waals surface area contributed by atoms with Crippen molar-refractivity contribution in [3.05, 3.63) is 47.7 Å². The monoisotopic (exact) mass is 395 g/mol. The maximum Gasteiger partial charge on any atom is 0.417 e. The first-order chi connectivity index (χ1) is 13.3. The van der Waals surface area contributed by atoms with Crippen molar-refractivity contribution in [3.63, 3.8) is 0 Å². The largest absolute Gasteiger partial charge is 0.493 e. The molecule has 1 saturated heterocycles. The van der Waals surface area contributed by atoms with Gasteiger partial charge in [0.05, 0.1) is 25.3 Å². The van der Waals surface area contributed by atoms with Crippen LogP contribution in [0.3, 0.4) is 0 Å². The number of methoxy groups -OCH3 is 2. The van der Waals surface area contributed by atoms with Crippen LogP contribution in [0.25, 0.3) is 0 Å². The number of anilines is 1. The number of para-hydroxylation sites is 1. The molecule has 1 amide bonds. The van der Waals surface area contributed by atoms with E-state index in [1.165, 1.54) is 20.3 Å². The molecule has 0 N–H and O–H groups in total. The number of carbonyl (C=O) groups excluding carboxylic acids is 1. The standard InChI is InChI=1S/C19H20F3N3O3/c1-27-15-5-3-4-14(17(15)28-2)18(26)25-10-8-24(9-11-25)16-7-6-13(12-23-16)19(20,21)22/h3-7,12H,8-11H2,1-2H3. The molecule has 0 aliphatic carbocycles. The van der Waals surface area contributed by atoms with E-state index in [9.17, 15) is 18.0 Å². The molecule has 1 aromatic heterocycles. The summed E-state index contributed by atoms with van der Waals surface area (Å²) in [4.78, 5) is 20.3. The third-order valence-electron chi connectivity index (χ3n) is 4.60. The van der Waals surface area contributed by atoms with Crippen LogP contribution in [-0.2, 0) is 6.18 Å². The van der Waals surface area contributed by atoms with Crippen LogP contribution in [0.5, 0.6) is 11.5 Å². The van der Waals surface area contributed by atoms with Crippen LogP contribution in [0, 0.1) is 0 Å². The SMILES string of the molecule is COc1cccc(C(=O)N2CCN(c3ccc(C(F)(F)F)cn3)CC2)c1OC. The summed E-state index contributed by atoms with van der Waals surface area (Å²) in [6, 6.07) is 7.47. The van der Waals surface area contributed by atoms with Crippen molar-refractivity contribution in [1.82, 2.24) is 9.88 Å². The van der Waals surface area contributed by atoms with Crippen molar-refractivity contribution < 1.29 is 27.4 Å². The Kier molecular flexibility index (Phi) is 5.62. The average Bonchev–Trinajstić information content (AvgIpc) is 2.72. The van der Waals surface area contributed by atoms with Crippen LogP contribution in [0.15, 0.2) is 36.5 Å². The van der Waals surface area contributed by atoms with E-state index in [1.807, 2.05) is 4.90 Å². The van der Waals surface area contributed by atoms with Gasteiger partial charge < -0.3 is 19.3 Å². The highest BCUT2D eigenvalue weighted by Gasteiger charge is 2.31. The predicted octanol–water partition coefficient (Wildman–Crippen LogP) is 3.08. The van der Waals surface area contributed by atoms with Crippen LogP contribution in [0.1, 0.15) is 15.9 Å². The van der Waals surface area contributed by atoms with Gasteiger partial charge in [0, 0.05) is 32.4 Å². The molecule has 0 spiro atoms. The molecule has 0 bridgehead atoms. The van der Waals surface area contributed by atoms with E-state index in [-0.39, 0.29) is 5.91 Å². The van der Waals surface area contributed by atoms with Gasteiger partial charge in [0.15, 0.2) is 11.5 Å². The van der Waals surface area contributed by atoms with Gasteiger partial charge in [-0.3, -0.25) is 4.79 Å². The van der Waals surface area contributed by atoms with Gasteiger partial charge in [-0.1, -0.05) is 6.07 Å². The van der Waals surface area contributed by atoms with Crippen molar-refractivity contribution in [1.29, 1.82) is 0 Å². The molecule has 3 rings (SSSR count). The van der Waals surface area contributed by atoms with E-state index >= 15 is 0 Å². The van der Waals surface area contributed by atoms with E-state index in [0.29, 0.717) is 49.1 Å². The van der Waals surface area contributed by atoms with Crippen molar-refractivity contribution in [2.75, 3.05) is 45.3 Å². The van der Waals surface area contributed by atoms with Crippen molar-refractivity contribution in [2.24, 2.45) is 0 Å². The molecule has 1 fully saturated rings. The Morgan fingerprint density at radius 1 is 1.04 bits per heavy atom. The van der Waals surface area contributed by atoms with Gasteiger partial charge in [0.25, 0.3) is 5.91 Å².